The number of benzene rings is 3. The number of hydrogen-bond acceptors (Lipinski definition) is 9. The van der Waals surface area contributed by atoms with Gasteiger partial charge in [-0.1, -0.05) is 13.0 Å². The molecule has 5 N–H and O–H groups in total. The smallest absolute Gasteiger partial charge is 0.411 e. The molecule has 3 aromatic rings. The van der Waals surface area contributed by atoms with E-state index in [1.54, 1.807) is 0 Å². The van der Waals surface area contributed by atoms with Crippen molar-refractivity contribution in [2.45, 2.75) is 30.3 Å². The van der Waals surface area contributed by atoms with Gasteiger partial charge in [-0.3, -0.25) is 19.7 Å². The topological polar surface area (TPSA) is 194 Å². The molecule has 0 aromatic heterocycles. The Morgan fingerprint density at radius 3 is 2.36 bits per heavy atom. The van der Waals surface area contributed by atoms with E-state index in [1.165, 1.54) is 44.4 Å². The maximum Gasteiger partial charge on any atom is 0.411 e. The second-order valence-electron chi connectivity index (χ2n) is 10.5. The van der Waals surface area contributed by atoms with Gasteiger partial charge in [0.15, 0.2) is 21.4 Å². The zero-order valence-corrected chi connectivity index (χ0v) is 26.3. The van der Waals surface area contributed by atoms with Gasteiger partial charge in [0.05, 0.1) is 42.5 Å². The van der Waals surface area contributed by atoms with Crippen molar-refractivity contribution < 1.29 is 51.0 Å². The molecule has 1 heterocycles. The highest BCUT2D eigenvalue weighted by atomic mass is 32.2. The second-order valence-corrected chi connectivity index (χ2v) is 12.8. The number of amides is 3. The molecule has 47 heavy (non-hydrogen) atoms. The van der Waals surface area contributed by atoms with E-state index in [9.17, 15) is 37.1 Å². The first kappa shape index (κ1) is 34.6. The summed E-state index contributed by atoms with van der Waals surface area (Å²) in [5, 5.41) is 15.4. The van der Waals surface area contributed by atoms with Crippen LogP contribution in [0.25, 0.3) is 0 Å². The van der Waals surface area contributed by atoms with E-state index in [4.69, 9.17) is 10.5 Å². The predicted molar refractivity (Wildman–Crippen MR) is 165 cm³/mol. The van der Waals surface area contributed by atoms with Gasteiger partial charge in [-0.05, 0) is 66.1 Å². The largest absolute Gasteiger partial charge is 0.494 e. The van der Waals surface area contributed by atoms with Crippen molar-refractivity contribution >= 4 is 45.1 Å². The predicted octanol–water partition coefficient (Wildman–Crippen LogP) is 3.87. The number of rotatable bonds is 11. The first-order chi connectivity index (χ1) is 22.2. The van der Waals surface area contributed by atoms with Gasteiger partial charge in [0.1, 0.15) is 11.9 Å². The van der Waals surface area contributed by atoms with Crippen molar-refractivity contribution in [2.24, 2.45) is 11.7 Å². The van der Waals surface area contributed by atoms with Gasteiger partial charge >= 0.3 is 12.1 Å². The highest BCUT2D eigenvalue weighted by Gasteiger charge is 2.46. The van der Waals surface area contributed by atoms with Crippen LogP contribution in [0, 0.1) is 17.6 Å². The number of carbonyl (C=O) groups excluding carboxylic acids is 3. The fraction of sp³-hybridized carbons (Fsp3) is 0.290. The van der Waals surface area contributed by atoms with Crippen molar-refractivity contribution in [3.63, 3.8) is 0 Å². The standard InChI is InChI=1S/C31H32F2N4O9S/c1-4-47(43,44)25-10-7-18(35-31(42)46-3)15-20(25)27-19(30(40)41)11-12-37(27)29(39)26(16-5-9-22(33)24(14-16)45-2)36-23-13-17(28(34)38)6-8-21(23)32/h5-10,13-15,19,26-27,36H,4,11-12H2,1-3H3,(H2,34,38)(H,35,42)(H,40,41)/t19-,26+,27+/m0/s1. The summed E-state index contributed by atoms with van der Waals surface area (Å²) in [7, 11) is -1.70. The number of sulfone groups is 1. The lowest BCUT2D eigenvalue weighted by molar-refractivity contribution is -0.143. The Morgan fingerprint density at radius 1 is 1.04 bits per heavy atom. The first-order valence-electron chi connectivity index (χ1n) is 14.2. The molecular weight excluding hydrogens is 642 g/mol. The third kappa shape index (κ3) is 7.27. The van der Waals surface area contributed by atoms with Crippen LogP contribution in [-0.4, -0.2) is 68.8 Å². The highest BCUT2D eigenvalue weighted by molar-refractivity contribution is 7.91. The molecule has 250 valence electrons. The van der Waals surface area contributed by atoms with E-state index in [2.05, 4.69) is 15.4 Å². The SMILES string of the molecule is CCS(=O)(=O)c1ccc(NC(=O)OC)cc1[C@H]1[C@@H](C(=O)O)CCN1C(=O)[C@H](Nc1cc(C(N)=O)ccc1F)c1ccc(F)c(OC)c1. The van der Waals surface area contributed by atoms with Crippen LogP contribution in [0.5, 0.6) is 5.75 Å². The van der Waals surface area contributed by atoms with Gasteiger partial charge in [0.2, 0.25) is 11.8 Å². The van der Waals surface area contributed by atoms with E-state index in [-0.39, 0.29) is 57.4 Å². The van der Waals surface area contributed by atoms with E-state index in [0.29, 0.717) is 0 Å². The molecule has 1 fully saturated rings. The zero-order chi connectivity index (χ0) is 34.6. The molecule has 3 atom stereocenters. The number of nitrogens with two attached hydrogens (primary N) is 1. The van der Waals surface area contributed by atoms with Gasteiger partial charge in [0, 0.05) is 17.8 Å². The van der Waals surface area contributed by atoms with E-state index in [1.807, 2.05) is 0 Å². The van der Waals surface area contributed by atoms with E-state index in [0.717, 1.165) is 36.3 Å². The number of carboxylic acids is 1. The molecular formula is C31H32F2N4O9S. The minimum Gasteiger partial charge on any atom is -0.494 e. The summed E-state index contributed by atoms with van der Waals surface area (Å²) in [4.78, 5) is 51.8. The monoisotopic (exact) mass is 674 g/mol. The third-order valence-electron chi connectivity index (χ3n) is 7.78. The highest BCUT2D eigenvalue weighted by Crippen LogP contribution is 2.43. The summed E-state index contributed by atoms with van der Waals surface area (Å²) < 4.78 is 65.7. The number of hydrogen-bond donors (Lipinski definition) is 4. The Bertz CT molecular complexity index is 1840. The number of anilines is 2. The fourth-order valence-electron chi connectivity index (χ4n) is 5.40. The summed E-state index contributed by atoms with van der Waals surface area (Å²) >= 11 is 0. The second kappa shape index (κ2) is 14.0. The van der Waals surface area contributed by atoms with E-state index < -0.39 is 63.4 Å². The summed E-state index contributed by atoms with van der Waals surface area (Å²) in [6.45, 7) is 1.21. The number of aliphatic carboxylic acids is 1. The quantitative estimate of drug-likeness (QED) is 0.232. The molecule has 1 aliphatic heterocycles. The Balaban J connectivity index is 1.92. The summed E-state index contributed by atoms with van der Waals surface area (Å²) in [5.41, 5.74) is 4.99. The average Bonchev–Trinajstić information content (AvgIpc) is 3.50. The fourth-order valence-corrected chi connectivity index (χ4v) is 6.53. The number of nitrogens with zero attached hydrogens (tertiary/aromatic N) is 1. The molecule has 3 amide bonds. The van der Waals surface area contributed by atoms with Crippen LogP contribution in [0.3, 0.4) is 0 Å². The summed E-state index contributed by atoms with van der Waals surface area (Å²) in [6, 6.07) is 7.42. The van der Waals surface area contributed by atoms with Crippen LogP contribution in [0.1, 0.15) is 46.9 Å². The molecule has 3 aromatic carbocycles. The molecule has 0 bridgehead atoms. The molecule has 0 aliphatic carbocycles. The van der Waals surface area contributed by atoms with Crippen LogP contribution in [0.4, 0.5) is 25.0 Å². The number of ether oxygens (including phenoxy) is 2. The lowest BCUT2D eigenvalue weighted by Gasteiger charge is -2.33. The third-order valence-corrected chi connectivity index (χ3v) is 9.58. The number of carboxylic acid groups (broad SMARTS) is 1. The Kier molecular flexibility index (Phi) is 10.3. The maximum atomic E-state index is 15.1. The Hall–Kier alpha value is -5.25. The first-order valence-corrected chi connectivity index (χ1v) is 15.8. The lowest BCUT2D eigenvalue weighted by atomic mass is 9.92. The van der Waals surface area contributed by atoms with Crippen molar-refractivity contribution in [2.75, 3.05) is 37.2 Å². The number of nitrogens with one attached hydrogen (secondary N) is 2. The van der Waals surface area contributed by atoms with Gasteiger partial charge in [-0.2, -0.15) is 0 Å². The number of halogens is 2. The van der Waals surface area contributed by atoms with Crippen LogP contribution >= 0.6 is 0 Å². The van der Waals surface area contributed by atoms with Crippen molar-refractivity contribution in [3.05, 3.63) is 82.9 Å². The minimum atomic E-state index is -4.01. The molecule has 1 aliphatic rings. The molecule has 0 unspecified atom stereocenters. The lowest BCUT2D eigenvalue weighted by Crippen LogP contribution is -2.40. The van der Waals surface area contributed by atoms with Crippen LogP contribution in [0.15, 0.2) is 59.5 Å². The van der Waals surface area contributed by atoms with E-state index >= 15 is 4.39 Å². The van der Waals surface area contributed by atoms with Gasteiger partial charge in [0.25, 0.3) is 0 Å². The number of primary amides is 1. The van der Waals surface area contributed by atoms with Gasteiger partial charge in [-0.15, -0.1) is 0 Å². The summed E-state index contributed by atoms with van der Waals surface area (Å²) in [5.74, 6) is -6.62. The molecule has 0 saturated carbocycles. The number of carbonyl (C=O) groups is 4. The molecule has 13 nitrogen and oxygen atoms in total. The minimum absolute atomic E-state index is 0.0635. The molecule has 16 heteroatoms. The van der Waals surface area contributed by atoms with Crippen LogP contribution in [-0.2, 0) is 24.2 Å². The molecule has 4 rings (SSSR count). The average molecular weight is 675 g/mol. The van der Waals surface area contributed by atoms with Gasteiger partial charge in [-0.25, -0.2) is 22.0 Å². The molecule has 0 radical (unpaired) electrons. The van der Waals surface area contributed by atoms with Crippen molar-refractivity contribution in [1.82, 2.24) is 4.90 Å². The number of likely N-dealkylation sites (tertiary alicyclic amines) is 1. The number of methoxy groups -OCH3 is 2. The molecule has 0 spiro atoms. The van der Waals surface area contributed by atoms with Crippen LogP contribution < -0.4 is 21.1 Å². The zero-order valence-electron chi connectivity index (χ0n) is 25.5. The van der Waals surface area contributed by atoms with Crippen molar-refractivity contribution in [1.29, 1.82) is 0 Å². The van der Waals surface area contributed by atoms with Gasteiger partial charge < -0.3 is 30.5 Å². The van der Waals surface area contributed by atoms with Crippen LogP contribution in [0.2, 0.25) is 0 Å². The summed E-state index contributed by atoms with van der Waals surface area (Å²) in [6.07, 6.45) is -0.984. The Morgan fingerprint density at radius 2 is 1.74 bits per heavy atom. The maximum absolute atomic E-state index is 15.1. The normalized spacial score (nSPS) is 16.7. The van der Waals surface area contributed by atoms with Crippen molar-refractivity contribution in [3.8, 4) is 5.75 Å². The Labute approximate surface area is 268 Å². The molecule has 1 saturated heterocycles.